The van der Waals surface area contributed by atoms with Gasteiger partial charge in [-0.1, -0.05) is 13.0 Å². The molecule has 0 unspecified atom stereocenters. The highest BCUT2D eigenvalue weighted by molar-refractivity contribution is 9.10. The zero-order valence-corrected chi connectivity index (χ0v) is 12.8. The van der Waals surface area contributed by atoms with E-state index >= 15 is 0 Å². The van der Waals surface area contributed by atoms with E-state index in [0.29, 0.717) is 22.4 Å². The summed E-state index contributed by atoms with van der Waals surface area (Å²) in [5.41, 5.74) is 7.63. The molecule has 0 fully saturated rings. The van der Waals surface area contributed by atoms with E-state index < -0.39 is 0 Å². The van der Waals surface area contributed by atoms with Gasteiger partial charge in [-0.15, -0.1) is 0 Å². The molecule has 0 saturated carbocycles. The molecular formula is C15H16BrN3O. The molecule has 1 heterocycles. The summed E-state index contributed by atoms with van der Waals surface area (Å²) in [5, 5.41) is 0. The molecule has 0 spiro atoms. The van der Waals surface area contributed by atoms with Crippen LogP contribution in [-0.2, 0) is 0 Å². The fraction of sp³-hybridized carbons (Fsp3) is 0.200. The number of benzene rings is 1. The Morgan fingerprint density at radius 1 is 1.35 bits per heavy atom. The third-order valence-corrected chi connectivity index (χ3v) is 3.48. The Kier molecular flexibility index (Phi) is 4.74. The Balaban J connectivity index is 2.39. The number of nitrogen functional groups attached to an aromatic ring is 1. The quantitative estimate of drug-likeness (QED) is 0.871. The van der Waals surface area contributed by atoms with Crippen LogP contribution in [-0.4, -0.2) is 17.4 Å². The zero-order chi connectivity index (χ0) is 14.5. The minimum atomic E-state index is -0.134. The second-order valence-electron chi connectivity index (χ2n) is 4.39. The van der Waals surface area contributed by atoms with Crippen LogP contribution in [0, 0.1) is 0 Å². The number of anilines is 2. The number of nitrogens with two attached hydrogens (primary N) is 1. The highest BCUT2D eigenvalue weighted by Gasteiger charge is 2.20. The van der Waals surface area contributed by atoms with E-state index in [-0.39, 0.29) is 5.91 Å². The van der Waals surface area contributed by atoms with Gasteiger partial charge in [-0.25, -0.2) is 4.98 Å². The molecule has 0 radical (unpaired) electrons. The van der Waals surface area contributed by atoms with Crippen molar-refractivity contribution >= 4 is 33.2 Å². The lowest BCUT2D eigenvalue weighted by Gasteiger charge is -2.22. The third kappa shape index (κ3) is 3.17. The van der Waals surface area contributed by atoms with E-state index in [2.05, 4.69) is 20.9 Å². The molecule has 2 aromatic rings. The molecule has 1 amide bonds. The molecule has 2 N–H and O–H groups in total. The standard InChI is InChI=1S/C15H16BrN3O/c1-2-9-19(12-6-3-5-11(17)10-12)15(20)14-13(16)7-4-8-18-14/h3-8,10H,2,9,17H2,1H3. The second kappa shape index (κ2) is 6.52. The maximum atomic E-state index is 12.7. The van der Waals surface area contributed by atoms with E-state index in [4.69, 9.17) is 5.73 Å². The van der Waals surface area contributed by atoms with Gasteiger partial charge in [0.2, 0.25) is 0 Å². The molecule has 2 rings (SSSR count). The van der Waals surface area contributed by atoms with Crippen molar-refractivity contribution < 1.29 is 4.79 Å². The van der Waals surface area contributed by atoms with E-state index in [1.807, 2.05) is 25.1 Å². The Hall–Kier alpha value is -1.88. The number of pyridine rings is 1. The molecular weight excluding hydrogens is 318 g/mol. The van der Waals surface area contributed by atoms with Gasteiger partial charge in [-0.3, -0.25) is 4.79 Å². The maximum absolute atomic E-state index is 12.7. The topological polar surface area (TPSA) is 59.2 Å². The monoisotopic (exact) mass is 333 g/mol. The first-order chi connectivity index (χ1) is 9.63. The number of hydrogen-bond donors (Lipinski definition) is 1. The fourth-order valence-electron chi connectivity index (χ4n) is 1.94. The van der Waals surface area contributed by atoms with Crippen molar-refractivity contribution in [2.75, 3.05) is 17.2 Å². The van der Waals surface area contributed by atoms with Gasteiger partial charge < -0.3 is 10.6 Å². The molecule has 0 bridgehead atoms. The third-order valence-electron chi connectivity index (χ3n) is 2.84. The van der Waals surface area contributed by atoms with Gasteiger partial charge in [-0.05, 0) is 52.7 Å². The lowest BCUT2D eigenvalue weighted by Crippen LogP contribution is -2.32. The predicted octanol–water partition coefficient (Wildman–Crippen LogP) is 3.48. The number of amides is 1. The Bertz CT molecular complexity index is 616. The van der Waals surface area contributed by atoms with Crippen molar-refractivity contribution in [3.8, 4) is 0 Å². The van der Waals surface area contributed by atoms with E-state index in [0.717, 1.165) is 12.1 Å². The van der Waals surface area contributed by atoms with Gasteiger partial charge in [0.15, 0.2) is 0 Å². The van der Waals surface area contributed by atoms with Crippen molar-refractivity contribution in [2.45, 2.75) is 13.3 Å². The first kappa shape index (κ1) is 14.5. The Labute approximate surface area is 126 Å². The van der Waals surface area contributed by atoms with Gasteiger partial charge >= 0.3 is 0 Å². The predicted molar refractivity (Wildman–Crippen MR) is 84.8 cm³/mol. The van der Waals surface area contributed by atoms with Crippen LogP contribution in [0.25, 0.3) is 0 Å². The van der Waals surface area contributed by atoms with Crippen LogP contribution in [0.4, 0.5) is 11.4 Å². The average molecular weight is 334 g/mol. The van der Waals surface area contributed by atoms with Gasteiger partial charge in [0.25, 0.3) is 5.91 Å². The number of halogens is 1. The van der Waals surface area contributed by atoms with Gasteiger partial charge in [0, 0.05) is 28.6 Å². The van der Waals surface area contributed by atoms with Crippen LogP contribution in [0.2, 0.25) is 0 Å². The maximum Gasteiger partial charge on any atom is 0.278 e. The summed E-state index contributed by atoms with van der Waals surface area (Å²) in [5.74, 6) is -0.134. The normalized spacial score (nSPS) is 10.3. The molecule has 5 heteroatoms. The summed E-state index contributed by atoms with van der Waals surface area (Å²) in [6, 6.07) is 10.9. The van der Waals surface area contributed by atoms with Crippen molar-refractivity contribution in [3.63, 3.8) is 0 Å². The lowest BCUT2D eigenvalue weighted by atomic mass is 10.2. The lowest BCUT2D eigenvalue weighted by molar-refractivity contribution is 0.0981. The van der Waals surface area contributed by atoms with Crippen LogP contribution in [0.15, 0.2) is 47.1 Å². The molecule has 0 aliphatic carbocycles. The molecule has 1 aromatic carbocycles. The summed E-state index contributed by atoms with van der Waals surface area (Å²) >= 11 is 3.37. The first-order valence-electron chi connectivity index (χ1n) is 6.41. The molecule has 0 aliphatic heterocycles. The molecule has 104 valence electrons. The molecule has 0 atom stereocenters. The summed E-state index contributed by atoms with van der Waals surface area (Å²) in [7, 11) is 0. The Morgan fingerprint density at radius 2 is 2.15 bits per heavy atom. The number of nitrogens with zero attached hydrogens (tertiary/aromatic N) is 2. The van der Waals surface area contributed by atoms with Crippen LogP contribution in [0.5, 0.6) is 0 Å². The fourth-order valence-corrected chi connectivity index (χ4v) is 2.36. The minimum absolute atomic E-state index is 0.134. The second-order valence-corrected chi connectivity index (χ2v) is 5.24. The molecule has 1 aromatic heterocycles. The van der Waals surface area contributed by atoms with Gasteiger partial charge in [-0.2, -0.15) is 0 Å². The number of aromatic nitrogens is 1. The number of carbonyl (C=O) groups excluding carboxylic acids is 1. The van der Waals surface area contributed by atoms with Crippen LogP contribution in [0.3, 0.4) is 0 Å². The van der Waals surface area contributed by atoms with E-state index in [9.17, 15) is 4.79 Å². The smallest absolute Gasteiger partial charge is 0.278 e. The summed E-state index contributed by atoms with van der Waals surface area (Å²) in [4.78, 5) is 18.5. The van der Waals surface area contributed by atoms with Crippen LogP contribution in [0.1, 0.15) is 23.8 Å². The first-order valence-corrected chi connectivity index (χ1v) is 7.20. The average Bonchev–Trinajstić information content (AvgIpc) is 2.44. The minimum Gasteiger partial charge on any atom is -0.399 e. The molecule has 0 saturated heterocycles. The van der Waals surface area contributed by atoms with Crippen molar-refractivity contribution in [1.29, 1.82) is 0 Å². The number of hydrogen-bond acceptors (Lipinski definition) is 3. The van der Waals surface area contributed by atoms with E-state index in [1.54, 1.807) is 29.3 Å². The zero-order valence-electron chi connectivity index (χ0n) is 11.2. The van der Waals surface area contributed by atoms with Crippen LogP contribution >= 0.6 is 15.9 Å². The SMILES string of the molecule is CCCN(C(=O)c1ncccc1Br)c1cccc(N)c1. The summed E-state index contributed by atoms with van der Waals surface area (Å²) < 4.78 is 0.690. The van der Waals surface area contributed by atoms with Gasteiger partial charge in [0.05, 0.1) is 0 Å². The number of rotatable bonds is 4. The van der Waals surface area contributed by atoms with Crippen molar-refractivity contribution in [1.82, 2.24) is 4.98 Å². The molecule has 4 nitrogen and oxygen atoms in total. The highest BCUT2D eigenvalue weighted by atomic mass is 79.9. The molecule has 0 aliphatic rings. The Morgan fingerprint density at radius 3 is 2.80 bits per heavy atom. The molecule has 20 heavy (non-hydrogen) atoms. The number of carbonyl (C=O) groups is 1. The van der Waals surface area contributed by atoms with E-state index in [1.165, 1.54) is 0 Å². The van der Waals surface area contributed by atoms with Crippen LogP contribution < -0.4 is 10.6 Å². The van der Waals surface area contributed by atoms with Crippen molar-refractivity contribution in [2.24, 2.45) is 0 Å². The van der Waals surface area contributed by atoms with Gasteiger partial charge in [0.1, 0.15) is 5.69 Å². The summed E-state index contributed by atoms with van der Waals surface area (Å²) in [6.07, 6.45) is 2.46. The van der Waals surface area contributed by atoms with Crippen molar-refractivity contribution in [3.05, 3.63) is 52.8 Å². The highest BCUT2D eigenvalue weighted by Crippen LogP contribution is 2.22. The summed E-state index contributed by atoms with van der Waals surface area (Å²) in [6.45, 7) is 2.64. The largest absolute Gasteiger partial charge is 0.399 e.